The lowest BCUT2D eigenvalue weighted by Crippen LogP contribution is -2.22. The number of nitrogen functional groups attached to an aromatic ring is 1. The number of nitrogens with two attached hydrogens (primary N) is 1. The predicted molar refractivity (Wildman–Crippen MR) is 76.7 cm³/mol. The van der Waals surface area contributed by atoms with Crippen molar-refractivity contribution in [2.24, 2.45) is 5.92 Å². The fourth-order valence-electron chi connectivity index (χ4n) is 2.66. The highest BCUT2D eigenvalue weighted by Gasteiger charge is 2.21. The maximum absolute atomic E-state index is 6.00. The fourth-order valence-corrected chi connectivity index (χ4v) is 2.78. The second-order valence-electron chi connectivity index (χ2n) is 5.23. The molecule has 1 aliphatic rings. The van der Waals surface area contributed by atoms with Crippen molar-refractivity contribution in [3.63, 3.8) is 0 Å². The highest BCUT2D eigenvalue weighted by atomic mass is 35.5. The Kier molecular flexibility index (Phi) is 4.90. The van der Waals surface area contributed by atoms with Gasteiger partial charge in [-0.15, -0.1) is 0 Å². The van der Waals surface area contributed by atoms with Crippen LogP contribution in [0.2, 0.25) is 5.02 Å². The van der Waals surface area contributed by atoms with Crippen LogP contribution in [0, 0.1) is 5.92 Å². The average Bonchev–Trinajstić information content (AvgIpc) is 2.40. The second kappa shape index (κ2) is 6.44. The molecule has 0 amide bonds. The fraction of sp³-hybridized carbons (Fsp3) is 0.600. The van der Waals surface area contributed by atoms with Gasteiger partial charge in [0, 0.05) is 0 Å². The van der Waals surface area contributed by atoms with Gasteiger partial charge in [0.25, 0.3) is 0 Å². The molecule has 2 unspecified atom stereocenters. The number of hydrogen-bond acceptors (Lipinski definition) is 2. The van der Waals surface area contributed by atoms with Crippen LogP contribution in [0.1, 0.15) is 44.6 Å². The highest BCUT2D eigenvalue weighted by Crippen LogP contribution is 2.29. The summed E-state index contributed by atoms with van der Waals surface area (Å²) in [5.74, 6) is 0.846. The summed E-state index contributed by atoms with van der Waals surface area (Å²) in [5.41, 5.74) is 7.52. The van der Waals surface area contributed by atoms with Crippen molar-refractivity contribution in [2.45, 2.75) is 51.7 Å². The summed E-state index contributed by atoms with van der Waals surface area (Å²) in [5, 5.41) is 0.613. The molecule has 0 aliphatic heterocycles. The zero-order valence-corrected chi connectivity index (χ0v) is 11.7. The summed E-state index contributed by atoms with van der Waals surface area (Å²) >= 11 is 5.90. The van der Waals surface area contributed by atoms with Gasteiger partial charge in [0.05, 0.1) is 23.4 Å². The minimum absolute atomic E-state index is 0.417. The van der Waals surface area contributed by atoms with E-state index in [0.29, 0.717) is 23.4 Å². The van der Waals surface area contributed by atoms with Crippen LogP contribution in [0.3, 0.4) is 0 Å². The van der Waals surface area contributed by atoms with Crippen LogP contribution >= 0.6 is 11.6 Å². The van der Waals surface area contributed by atoms with Gasteiger partial charge in [0.2, 0.25) is 0 Å². The lowest BCUT2D eigenvalue weighted by atomic mass is 9.85. The van der Waals surface area contributed by atoms with E-state index in [1.807, 2.05) is 18.2 Å². The Bertz CT molecular complexity index is 394. The summed E-state index contributed by atoms with van der Waals surface area (Å²) < 4.78 is 6.00. The van der Waals surface area contributed by atoms with Crippen molar-refractivity contribution in [2.75, 3.05) is 5.73 Å². The molecule has 0 bridgehead atoms. The molecule has 1 aliphatic carbocycles. The van der Waals surface area contributed by atoms with E-state index in [4.69, 9.17) is 22.1 Å². The zero-order chi connectivity index (χ0) is 13.0. The summed E-state index contributed by atoms with van der Waals surface area (Å²) in [6.07, 6.45) is 6.75. The molecule has 1 aromatic carbocycles. The number of halogens is 1. The summed E-state index contributed by atoms with van der Waals surface area (Å²) in [6.45, 7) is 2.91. The number of rotatable bonds is 4. The number of anilines is 1. The van der Waals surface area contributed by atoms with Gasteiger partial charge in [-0.2, -0.15) is 0 Å². The third kappa shape index (κ3) is 3.63. The van der Waals surface area contributed by atoms with Gasteiger partial charge in [-0.25, -0.2) is 0 Å². The number of ether oxygens (including phenoxy) is 1. The molecule has 3 heteroatoms. The van der Waals surface area contributed by atoms with E-state index in [0.717, 1.165) is 11.5 Å². The molecule has 2 rings (SSSR count). The Labute approximate surface area is 114 Å². The number of benzene rings is 1. The molecular formula is C15H22ClNO. The normalized spacial score (nSPS) is 24.1. The monoisotopic (exact) mass is 267 g/mol. The van der Waals surface area contributed by atoms with Crippen LogP contribution in [-0.4, -0.2) is 6.10 Å². The van der Waals surface area contributed by atoms with Gasteiger partial charge in [-0.05, 0) is 36.5 Å². The molecule has 2 N–H and O–H groups in total. The quantitative estimate of drug-likeness (QED) is 0.821. The first-order valence-electron chi connectivity index (χ1n) is 6.84. The summed E-state index contributed by atoms with van der Waals surface area (Å²) in [6, 6.07) is 5.73. The van der Waals surface area contributed by atoms with E-state index in [2.05, 4.69) is 6.92 Å². The van der Waals surface area contributed by atoms with E-state index in [-0.39, 0.29) is 0 Å². The maximum atomic E-state index is 6.00. The smallest absolute Gasteiger partial charge is 0.0721 e. The van der Waals surface area contributed by atoms with E-state index in [1.54, 1.807) is 0 Å². The average molecular weight is 268 g/mol. The lowest BCUT2D eigenvalue weighted by Gasteiger charge is -2.28. The van der Waals surface area contributed by atoms with Gasteiger partial charge in [0.1, 0.15) is 0 Å². The standard InChI is InChI=1S/C15H22ClNO/c1-2-11-4-3-5-13(8-11)18-10-12-6-7-14(16)15(17)9-12/h6-7,9,11,13H,2-5,8,10,17H2,1H3. The van der Waals surface area contributed by atoms with Crippen molar-refractivity contribution in [1.29, 1.82) is 0 Å². The molecule has 2 nitrogen and oxygen atoms in total. The van der Waals surface area contributed by atoms with Gasteiger partial charge in [-0.3, -0.25) is 0 Å². The van der Waals surface area contributed by atoms with Crippen LogP contribution in [0.15, 0.2) is 18.2 Å². The Balaban J connectivity index is 1.85. The van der Waals surface area contributed by atoms with E-state index < -0.39 is 0 Å². The van der Waals surface area contributed by atoms with Crippen LogP contribution in [0.4, 0.5) is 5.69 Å². The van der Waals surface area contributed by atoms with Crippen molar-refractivity contribution < 1.29 is 4.74 Å². The summed E-state index contributed by atoms with van der Waals surface area (Å²) in [7, 11) is 0. The lowest BCUT2D eigenvalue weighted by molar-refractivity contribution is 0.00179. The zero-order valence-electron chi connectivity index (χ0n) is 11.0. The molecule has 0 radical (unpaired) electrons. The van der Waals surface area contributed by atoms with Crippen molar-refractivity contribution in [3.8, 4) is 0 Å². The van der Waals surface area contributed by atoms with E-state index in [9.17, 15) is 0 Å². The molecule has 2 atom stereocenters. The first-order valence-corrected chi connectivity index (χ1v) is 7.22. The first-order chi connectivity index (χ1) is 8.69. The van der Waals surface area contributed by atoms with E-state index in [1.165, 1.54) is 32.1 Å². The maximum Gasteiger partial charge on any atom is 0.0721 e. The van der Waals surface area contributed by atoms with Crippen LogP contribution < -0.4 is 5.73 Å². The van der Waals surface area contributed by atoms with E-state index >= 15 is 0 Å². The highest BCUT2D eigenvalue weighted by molar-refractivity contribution is 6.33. The van der Waals surface area contributed by atoms with Gasteiger partial charge in [0.15, 0.2) is 0 Å². The molecule has 0 spiro atoms. The molecule has 0 aromatic heterocycles. The van der Waals surface area contributed by atoms with Crippen LogP contribution in [0.5, 0.6) is 0 Å². The molecule has 0 heterocycles. The molecule has 100 valence electrons. The van der Waals surface area contributed by atoms with Gasteiger partial charge >= 0.3 is 0 Å². The number of hydrogen-bond donors (Lipinski definition) is 1. The minimum Gasteiger partial charge on any atom is -0.398 e. The molecule has 1 saturated carbocycles. The molecule has 1 fully saturated rings. The van der Waals surface area contributed by atoms with Crippen molar-refractivity contribution in [1.82, 2.24) is 0 Å². The Morgan fingerprint density at radius 1 is 1.39 bits per heavy atom. The molecule has 18 heavy (non-hydrogen) atoms. The van der Waals surface area contributed by atoms with Gasteiger partial charge < -0.3 is 10.5 Å². The topological polar surface area (TPSA) is 35.2 Å². The molecular weight excluding hydrogens is 246 g/mol. The van der Waals surface area contributed by atoms with Crippen molar-refractivity contribution in [3.05, 3.63) is 28.8 Å². The molecule has 1 aromatic rings. The summed E-state index contributed by atoms with van der Waals surface area (Å²) in [4.78, 5) is 0. The Morgan fingerprint density at radius 3 is 2.94 bits per heavy atom. The van der Waals surface area contributed by atoms with Crippen molar-refractivity contribution >= 4 is 17.3 Å². The molecule has 0 saturated heterocycles. The third-order valence-corrected chi connectivity index (χ3v) is 4.20. The Morgan fingerprint density at radius 2 is 2.22 bits per heavy atom. The minimum atomic E-state index is 0.417. The third-order valence-electron chi connectivity index (χ3n) is 3.86. The predicted octanol–water partition coefficient (Wildman–Crippen LogP) is 4.41. The second-order valence-corrected chi connectivity index (χ2v) is 5.64. The van der Waals surface area contributed by atoms with Crippen LogP contribution in [0.25, 0.3) is 0 Å². The largest absolute Gasteiger partial charge is 0.398 e. The first kappa shape index (κ1) is 13.7. The Hall–Kier alpha value is -0.730. The van der Waals surface area contributed by atoms with Crippen LogP contribution in [-0.2, 0) is 11.3 Å². The SMILES string of the molecule is CCC1CCCC(OCc2ccc(Cl)c(N)c2)C1. The van der Waals surface area contributed by atoms with Gasteiger partial charge in [-0.1, -0.05) is 43.9 Å².